The number of ether oxygens (including phenoxy) is 3. The van der Waals surface area contributed by atoms with Gasteiger partial charge in [0, 0.05) is 24.8 Å². The lowest BCUT2D eigenvalue weighted by atomic mass is 9.98. The fourth-order valence-corrected chi connectivity index (χ4v) is 4.49. The van der Waals surface area contributed by atoms with Crippen molar-refractivity contribution in [2.45, 2.75) is 19.4 Å². The molecule has 0 aliphatic carbocycles. The summed E-state index contributed by atoms with van der Waals surface area (Å²) < 4.78 is 41.4. The van der Waals surface area contributed by atoms with Crippen LogP contribution in [-0.4, -0.2) is 44.8 Å². The van der Waals surface area contributed by atoms with Crippen molar-refractivity contribution in [1.82, 2.24) is 4.31 Å². The summed E-state index contributed by atoms with van der Waals surface area (Å²) >= 11 is 0. The summed E-state index contributed by atoms with van der Waals surface area (Å²) in [6.45, 7) is 1.23. The van der Waals surface area contributed by atoms with Gasteiger partial charge in [0.2, 0.25) is 22.7 Å². The number of carbonyl (C=O) groups excluding carboxylic acids is 1. The van der Waals surface area contributed by atoms with Gasteiger partial charge in [0.1, 0.15) is 12.4 Å². The maximum Gasteiger partial charge on any atom is 0.231 e. The van der Waals surface area contributed by atoms with Crippen molar-refractivity contribution < 1.29 is 27.4 Å². The minimum Gasteiger partial charge on any atom is -0.489 e. The number of sulfonamides is 1. The second-order valence-electron chi connectivity index (χ2n) is 7.45. The number of rotatable bonds is 6. The third kappa shape index (κ3) is 4.85. The van der Waals surface area contributed by atoms with E-state index in [1.54, 1.807) is 18.2 Å². The van der Waals surface area contributed by atoms with Crippen LogP contribution in [0.2, 0.25) is 0 Å². The van der Waals surface area contributed by atoms with Crippen molar-refractivity contribution >= 4 is 21.6 Å². The third-order valence-electron chi connectivity index (χ3n) is 5.17. The first-order chi connectivity index (χ1) is 14.4. The van der Waals surface area contributed by atoms with Crippen LogP contribution in [0.1, 0.15) is 18.4 Å². The molecule has 2 aliphatic rings. The van der Waals surface area contributed by atoms with Gasteiger partial charge >= 0.3 is 0 Å². The molecule has 0 saturated carbocycles. The highest BCUT2D eigenvalue weighted by atomic mass is 32.2. The molecule has 1 fully saturated rings. The number of amides is 1. The predicted octanol–water partition coefficient (Wildman–Crippen LogP) is 2.60. The Balaban J connectivity index is 1.35. The van der Waals surface area contributed by atoms with Crippen LogP contribution in [0, 0.1) is 5.92 Å². The lowest BCUT2D eigenvalue weighted by Gasteiger charge is -2.30. The van der Waals surface area contributed by atoms with Crippen LogP contribution >= 0.6 is 0 Å². The number of hydrogen-bond donors (Lipinski definition) is 1. The number of nitrogens with one attached hydrogen (secondary N) is 1. The molecule has 9 heteroatoms. The molecule has 2 aromatic rings. The molecule has 4 rings (SSSR count). The highest BCUT2D eigenvalue weighted by Crippen LogP contribution is 2.35. The monoisotopic (exact) mass is 432 g/mol. The van der Waals surface area contributed by atoms with Crippen LogP contribution < -0.4 is 19.5 Å². The van der Waals surface area contributed by atoms with Crippen LogP contribution in [-0.2, 0) is 21.4 Å². The van der Waals surface area contributed by atoms with Crippen molar-refractivity contribution in [3.8, 4) is 17.2 Å². The molecule has 0 spiro atoms. The van der Waals surface area contributed by atoms with E-state index in [1.165, 1.54) is 10.6 Å². The van der Waals surface area contributed by atoms with Crippen LogP contribution in [0.5, 0.6) is 17.2 Å². The topological polar surface area (TPSA) is 94.2 Å². The zero-order valence-electron chi connectivity index (χ0n) is 16.7. The SMILES string of the molecule is CS(=O)(=O)N1CCCC(C(=O)Nc2cccc(COc3ccc4c(c3)OCO4)c2)C1. The van der Waals surface area contributed by atoms with Crippen molar-refractivity contribution in [2.75, 3.05) is 31.5 Å². The van der Waals surface area contributed by atoms with E-state index in [2.05, 4.69) is 5.32 Å². The van der Waals surface area contributed by atoms with Gasteiger partial charge in [-0.05, 0) is 42.7 Å². The molecule has 1 amide bonds. The Morgan fingerprint density at radius 2 is 2.03 bits per heavy atom. The molecule has 1 saturated heterocycles. The zero-order valence-corrected chi connectivity index (χ0v) is 17.5. The molecular formula is C21H24N2O6S. The molecule has 1 atom stereocenters. The van der Waals surface area contributed by atoms with Crippen LogP contribution in [0.3, 0.4) is 0 Å². The maximum absolute atomic E-state index is 12.6. The van der Waals surface area contributed by atoms with E-state index in [-0.39, 0.29) is 25.2 Å². The number of carbonyl (C=O) groups is 1. The van der Waals surface area contributed by atoms with Gasteiger partial charge in [-0.25, -0.2) is 12.7 Å². The summed E-state index contributed by atoms with van der Waals surface area (Å²) in [4.78, 5) is 12.6. The van der Waals surface area contributed by atoms with E-state index in [1.807, 2.05) is 24.3 Å². The highest BCUT2D eigenvalue weighted by Gasteiger charge is 2.30. The first-order valence-electron chi connectivity index (χ1n) is 9.76. The largest absolute Gasteiger partial charge is 0.489 e. The lowest BCUT2D eigenvalue weighted by molar-refractivity contribution is -0.120. The molecule has 1 N–H and O–H groups in total. The molecule has 160 valence electrons. The second kappa shape index (κ2) is 8.53. The average Bonchev–Trinajstić information content (AvgIpc) is 3.20. The molecular weight excluding hydrogens is 408 g/mol. The van der Waals surface area contributed by atoms with Crippen molar-refractivity contribution in [3.63, 3.8) is 0 Å². The van der Waals surface area contributed by atoms with Crippen LogP contribution in [0.15, 0.2) is 42.5 Å². The van der Waals surface area contributed by atoms with E-state index in [0.29, 0.717) is 48.9 Å². The molecule has 2 heterocycles. The summed E-state index contributed by atoms with van der Waals surface area (Å²) in [6, 6.07) is 12.8. The smallest absolute Gasteiger partial charge is 0.231 e. The summed E-state index contributed by atoms with van der Waals surface area (Å²) in [7, 11) is -3.29. The normalized spacial score (nSPS) is 18.8. The Bertz CT molecular complexity index is 1040. The molecule has 0 aromatic heterocycles. The van der Waals surface area contributed by atoms with Gasteiger partial charge in [0.15, 0.2) is 11.5 Å². The molecule has 2 aromatic carbocycles. The average molecular weight is 432 g/mol. The summed E-state index contributed by atoms with van der Waals surface area (Å²) in [5.41, 5.74) is 1.55. The number of anilines is 1. The molecule has 0 bridgehead atoms. The summed E-state index contributed by atoms with van der Waals surface area (Å²) in [6.07, 6.45) is 2.52. The van der Waals surface area contributed by atoms with Gasteiger partial charge < -0.3 is 19.5 Å². The first-order valence-corrected chi connectivity index (χ1v) is 11.6. The Hall–Kier alpha value is -2.78. The molecule has 0 radical (unpaired) electrons. The molecule has 30 heavy (non-hydrogen) atoms. The summed E-state index contributed by atoms with van der Waals surface area (Å²) in [5, 5.41) is 2.90. The predicted molar refractivity (Wildman–Crippen MR) is 111 cm³/mol. The number of nitrogens with zero attached hydrogens (tertiary/aromatic N) is 1. The van der Waals surface area contributed by atoms with Crippen LogP contribution in [0.25, 0.3) is 0 Å². The molecule has 2 aliphatic heterocycles. The molecule has 1 unspecified atom stereocenters. The fraction of sp³-hybridized carbons (Fsp3) is 0.381. The van der Waals surface area contributed by atoms with Crippen molar-refractivity contribution in [2.24, 2.45) is 5.92 Å². The minimum atomic E-state index is -3.29. The number of piperidine rings is 1. The Labute approximate surface area is 175 Å². The van der Waals surface area contributed by atoms with Gasteiger partial charge in [0.25, 0.3) is 0 Å². The third-order valence-corrected chi connectivity index (χ3v) is 6.44. The van der Waals surface area contributed by atoms with E-state index < -0.39 is 10.0 Å². The van der Waals surface area contributed by atoms with Gasteiger partial charge in [-0.2, -0.15) is 0 Å². The second-order valence-corrected chi connectivity index (χ2v) is 9.44. The van der Waals surface area contributed by atoms with Crippen molar-refractivity contribution in [1.29, 1.82) is 0 Å². The van der Waals surface area contributed by atoms with Gasteiger partial charge in [-0.15, -0.1) is 0 Å². The van der Waals surface area contributed by atoms with Gasteiger partial charge in [0.05, 0.1) is 12.2 Å². The number of hydrogen-bond acceptors (Lipinski definition) is 6. The lowest BCUT2D eigenvalue weighted by Crippen LogP contribution is -2.43. The van der Waals surface area contributed by atoms with Crippen LogP contribution in [0.4, 0.5) is 5.69 Å². The first kappa shape index (κ1) is 20.5. The van der Waals surface area contributed by atoms with Gasteiger partial charge in [-0.3, -0.25) is 4.79 Å². The molecule has 8 nitrogen and oxygen atoms in total. The minimum absolute atomic E-state index is 0.169. The Morgan fingerprint density at radius 1 is 1.20 bits per heavy atom. The van der Waals surface area contributed by atoms with E-state index in [4.69, 9.17) is 14.2 Å². The quantitative estimate of drug-likeness (QED) is 0.754. The Kier molecular flexibility index (Phi) is 5.83. The van der Waals surface area contributed by atoms with Gasteiger partial charge in [-0.1, -0.05) is 12.1 Å². The van der Waals surface area contributed by atoms with E-state index >= 15 is 0 Å². The van der Waals surface area contributed by atoms with E-state index in [0.717, 1.165) is 5.56 Å². The van der Waals surface area contributed by atoms with Crippen molar-refractivity contribution in [3.05, 3.63) is 48.0 Å². The zero-order chi connectivity index (χ0) is 21.1. The summed E-state index contributed by atoms with van der Waals surface area (Å²) in [5.74, 6) is 1.49. The standard InChI is InChI=1S/C21H24N2O6S/c1-30(25,26)23-9-3-5-16(12-23)21(24)22-17-6-2-4-15(10-17)13-27-18-7-8-19-20(11-18)29-14-28-19/h2,4,6-8,10-11,16H,3,5,9,12-14H2,1H3,(H,22,24). The number of benzene rings is 2. The Morgan fingerprint density at radius 3 is 2.87 bits per heavy atom. The highest BCUT2D eigenvalue weighted by molar-refractivity contribution is 7.88. The number of fused-ring (bicyclic) bond motifs is 1. The van der Waals surface area contributed by atoms with E-state index in [9.17, 15) is 13.2 Å². The maximum atomic E-state index is 12.6. The fourth-order valence-electron chi connectivity index (χ4n) is 3.57.